The smallest absolute Gasteiger partial charge is 0.418 e. The number of hydrogen-bond donors (Lipinski definition) is 1. The van der Waals surface area contributed by atoms with Gasteiger partial charge in [0.15, 0.2) is 0 Å². The van der Waals surface area contributed by atoms with Crippen LogP contribution >= 0.6 is 0 Å². The average Bonchev–Trinajstić information content (AvgIpc) is 3.14. The van der Waals surface area contributed by atoms with Crippen LogP contribution in [0.5, 0.6) is 0 Å². The number of aryl methyl sites for hydroxylation is 1. The monoisotopic (exact) mass is 458 g/mol. The molecule has 0 unspecified atom stereocenters. The number of nitrogens with zero attached hydrogens (tertiary/aromatic N) is 1. The Bertz CT molecular complexity index is 1240. The Hall–Kier alpha value is -3.33. The highest BCUT2D eigenvalue weighted by atomic mass is 32.2. The number of sulfonamides is 1. The van der Waals surface area contributed by atoms with Gasteiger partial charge < -0.3 is 9.47 Å². The van der Waals surface area contributed by atoms with Crippen molar-refractivity contribution in [1.29, 1.82) is 0 Å². The third-order valence-electron chi connectivity index (χ3n) is 4.56. The normalized spacial score (nSPS) is 11.9. The van der Waals surface area contributed by atoms with E-state index in [0.29, 0.717) is 16.6 Å². The van der Waals surface area contributed by atoms with Crippen LogP contribution in [0, 0.1) is 0 Å². The maximum Gasteiger partial charge on any atom is 0.418 e. The van der Waals surface area contributed by atoms with E-state index in [1.165, 1.54) is 11.7 Å². The van der Waals surface area contributed by atoms with Crippen LogP contribution in [-0.2, 0) is 25.9 Å². The van der Waals surface area contributed by atoms with Gasteiger partial charge in [-0.3, -0.25) is 9.29 Å². The number of fused-ring (bicyclic) bond motifs is 1. The highest BCUT2D eigenvalue weighted by molar-refractivity contribution is 7.92. The molecule has 1 N–H and O–H groups in total. The van der Waals surface area contributed by atoms with Gasteiger partial charge in [-0.1, -0.05) is 18.2 Å². The number of carbonyl (C=O) groups excluding carboxylic acids is 2. The van der Waals surface area contributed by atoms with Crippen LogP contribution in [0.1, 0.15) is 36.7 Å². The van der Waals surface area contributed by atoms with Crippen LogP contribution in [0.2, 0.25) is 0 Å². The Balaban J connectivity index is 1.66. The Morgan fingerprint density at radius 3 is 2.28 bits per heavy atom. The molecule has 0 saturated heterocycles. The van der Waals surface area contributed by atoms with Gasteiger partial charge in [0, 0.05) is 28.9 Å². The zero-order valence-corrected chi connectivity index (χ0v) is 19.2. The van der Waals surface area contributed by atoms with Crippen molar-refractivity contribution < 1.29 is 27.5 Å². The summed E-state index contributed by atoms with van der Waals surface area (Å²) in [5.74, 6) is -0.566. The third kappa shape index (κ3) is 6.10. The van der Waals surface area contributed by atoms with Crippen LogP contribution < -0.4 is 4.72 Å². The fraction of sp³-hybridized carbons (Fsp3) is 0.304. The molecule has 0 aliphatic heterocycles. The topological polar surface area (TPSA) is 104 Å². The van der Waals surface area contributed by atoms with Crippen LogP contribution in [0.3, 0.4) is 0 Å². The van der Waals surface area contributed by atoms with Crippen LogP contribution in [0.15, 0.2) is 54.9 Å². The van der Waals surface area contributed by atoms with Gasteiger partial charge in [0.25, 0.3) is 0 Å². The van der Waals surface area contributed by atoms with E-state index in [2.05, 4.69) is 9.46 Å². The molecule has 9 heteroatoms. The molecule has 0 fully saturated rings. The first-order chi connectivity index (χ1) is 15.0. The molecule has 170 valence electrons. The summed E-state index contributed by atoms with van der Waals surface area (Å²) in [7, 11) is -2.30. The zero-order valence-electron chi connectivity index (χ0n) is 18.4. The number of carbonyl (C=O) groups is 2. The quantitative estimate of drug-likeness (QED) is 0.556. The van der Waals surface area contributed by atoms with Crippen LogP contribution in [0.25, 0.3) is 10.8 Å². The van der Waals surface area contributed by atoms with E-state index in [-0.39, 0.29) is 12.2 Å². The summed E-state index contributed by atoms with van der Waals surface area (Å²) in [4.78, 5) is 23.7. The molecule has 0 radical (unpaired) electrons. The summed E-state index contributed by atoms with van der Waals surface area (Å²) in [6, 6.07) is 11.7. The van der Waals surface area contributed by atoms with Gasteiger partial charge >= 0.3 is 12.1 Å². The van der Waals surface area contributed by atoms with Crippen molar-refractivity contribution in [3.8, 4) is 0 Å². The van der Waals surface area contributed by atoms with Crippen molar-refractivity contribution in [1.82, 2.24) is 4.57 Å². The minimum Gasteiger partial charge on any atom is -0.465 e. The van der Waals surface area contributed by atoms with Crippen molar-refractivity contribution in [2.75, 3.05) is 17.6 Å². The second-order valence-corrected chi connectivity index (χ2v) is 10.2. The molecular formula is C23H26N2O6S. The molecule has 0 bridgehead atoms. The number of esters is 1. The van der Waals surface area contributed by atoms with E-state index >= 15 is 0 Å². The average molecular weight is 459 g/mol. The Labute approximate surface area is 187 Å². The highest BCUT2D eigenvalue weighted by Crippen LogP contribution is 2.22. The molecule has 1 heterocycles. The van der Waals surface area contributed by atoms with Gasteiger partial charge in [0.1, 0.15) is 5.60 Å². The molecule has 0 amide bonds. The molecule has 0 saturated carbocycles. The lowest BCUT2D eigenvalue weighted by Gasteiger charge is -2.19. The van der Waals surface area contributed by atoms with Gasteiger partial charge in [-0.2, -0.15) is 0 Å². The van der Waals surface area contributed by atoms with Crippen molar-refractivity contribution in [3.63, 3.8) is 0 Å². The lowest BCUT2D eigenvalue weighted by Crippen LogP contribution is -2.26. The van der Waals surface area contributed by atoms with Gasteiger partial charge in [0.05, 0.1) is 18.4 Å². The number of nitrogens with one attached hydrogen (secondary N) is 1. The second-order valence-electron chi connectivity index (χ2n) is 8.35. The minimum absolute atomic E-state index is 0.123. The van der Waals surface area contributed by atoms with Crippen molar-refractivity contribution in [2.24, 2.45) is 0 Å². The predicted octanol–water partition coefficient (Wildman–Crippen LogP) is 4.20. The number of benzene rings is 2. The van der Waals surface area contributed by atoms with Gasteiger partial charge in [-0.05, 0) is 57.0 Å². The van der Waals surface area contributed by atoms with Crippen LogP contribution in [-0.4, -0.2) is 43.5 Å². The lowest BCUT2D eigenvalue weighted by molar-refractivity contribution is 0.0536. The van der Waals surface area contributed by atoms with E-state index in [1.807, 2.05) is 0 Å². The van der Waals surface area contributed by atoms with Crippen LogP contribution in [0.4, 0.5) is 10.5 Å². The number of anilines is 1. The maximum atomic E-state index is 12.5. The SMILES string of the molecule is COC(=O)c1ccc(CCS(=O)(=O)Nc2ccc3cn(C(=O)OC(C)(C)C)cc3c2)cc1. The Kier molecular flexibility index (Phi) is 6.59. The number of aromatic nitrogens is 1. The number of methoxy groups -OCH3 is 1. The summed E-state index contributed by atoms with van der Waals surface area (Å²) in [5.41, 5.74) is 0.978. The molecule has 0 aliphatic carbocycles. The minimum atomic E-state index is -3.61. The fourth-order valence-corrected chi connectivity index (χ4v) is 4.13. The van der Waals surface area contributed by atoms with Crippen molar-refractivity contribution in [3.05, 3.63) is 66.0 Å². The number of ether oxygens (including phenoxy) is 2. The summed E-state index contributed by atoms with van der Waals surface area (Å²) in [6.45, 7) is 5.36. The van der Waals surface area contributed by atoms with E-state index < -0.39 is 27.7 Å². The maximum absolute atomic E-state index is 12.5. The van der Waals surface area contributed by atoms with E-state index in [9.17, 15) is 18.0 Å². The summed E-state index contributed by atoms with van der Waals surface area (Å²) < 4.78 is 39.0. The summed E-state index contributed by atoms with van der Waals surface area (Å²) in [6.07, 6.45) is 3.02. The molecule has 0 spiro atoms. The van der Waals surface area contributed by atoms with E-state index in [1.54, 1.807) is 75.6 Å². The molecule has 0 atom stereocenters. The fourth-order valence-electron chi connectivity index (χ4n) is 3.03. The molecular weight excluding hydrogens is 432 g/mol. The Morgan fingerprint density at radius 1 is 1.00 bits per heavy atom. The number of hydrogen-bond acceptors (Lipinski definition) is 6. The van der Waals surface area contributed by atoms with Crippen molar-refractivity contribution in [2.45, 2.75) is 32.8 Å². The molecule has 3 rings (SSSR count). The Morgan fingerprint density at radius 2 is 1.66 bits per heavy atom. The molecule has 3 aromatic rings. The lowest BCUT2D eigenvalue weighted by atomic mass is 10.1. The molecule has 8 nitrogen and oxygen atoms in total. The molecule has 32 heavy (non-hydrogen) atoms. The largest absolute Gasteiger partial charge is 0.465 e. The standard InChI is InChI=1S/C23H26N2O6S/c1-23(2,3)31-22(27)25-14-18-9-10-20(13-19(18)15-25)24-32(28,29)12-11-16-5-7-17(8-6-16)21(26)30-4/h5-10,13-15,24H,11-12H2,1-4H3. The highest BCUT2D eigenvalue weighted by Gasteiger charge is 2.18. The molecule has 2 aromatic carbocycles. The summed E-state index contributed by atoms with van der Waals surface area (Å²) in [5, 5.41) is 1.49. The first kappa shape index (κ1) is 23.3. The number of rotatable bonds is 6. The third-order valence-corrected chi connectivity index (χ3v) is 5.84. The predicted molar refractivity (Wildman–Crippen MR) is 122 cm³/mol. The first-order valence-electron chi connectivity index (χ1n) is 9.99. The first-order valence-corrected chi connectivity index (χ1v) is 11.6. The molecule has 0 aliphatic rings. The zero-order chi connectivity index (χ0) is 23.5. The van der Waals surface area contributed by atoms with Gasteiger partial charge in [0.2, 0.25) is 10.0 Å². The van der Waals surface area contributed by atoms with Gasteiger partial charge in [-0.15, -0.1) is 0 Å². The van der Waals surface area contributed by atoms with E-state index in [4.69, 9.17) is 4.74 Å². The summed E-state index contributed by atoms with van der Waals surface area (Å²) >= 11 is 0. The van der Waals surface area contributed by atoms with Crippen molar-refractivity contribution >= 4 is 38.5 Å². The molecule has 1 aromatic heterocycles. The second kappa shape index (κ2) is 9.04. The van der Waals surface area contributed by atoms with E-state index in [0.717, 1.165) is 10.9 Å². The van der Waals surface area contributed by atoms with Gasteiger partial charge in [-0.25, -0.2) is 18.0 Å².